The van der Waals surface area contributed by atoms with Gasteiger partial charge in [0.15, 0.2) is 0 Å². The molecule has 0 fully saturated rings. The maximum atomic E-state index is 11.3. The van der Waals surface area contributed by atoms with Crippen molar-refractivity contribution in [2.24, 2.45) is 0 Å². The Bertz CT molecular complexity index is 198. The molecule has 0 aromatic carbocycles. The summed E-state index contributed by atoms with van der Waals surface area (Å²) in [6.07, 6.45) is 1.09. The van der Waals surface area contributed by atoms with Gasteiger partial charge in [-0.1, -0.05) is 0 Å². The van der Waals surface area contributed by atoms with E-state index in [1.807, 2.05) is 13.8 Å². The topological polar surface area (TPSA) is 44.8 Å². The van der Waals surface area contributed by atoms with Crippen molar-refractivity contribution >= 4 is 5.97 Å². The molecule has 0 saturated heterocycles. The van der Waals surface area contributed by atoms with Crippen LogP contribution in [-0.2, 0) is 19.0 Å². The molecule has 0 amide bonds. The van der Waals surface area contributed by atoms with Crippen molar-refractivity contribution in [1.29, 1.82) is 0 Å². The highest BCUT2D eigenvalue weighted by atomic mass is 16.5. The second kappa shape index (κ2) is 7.38. The Balaban J connectivity index is 4.45. The fourth-order valence-electron chi connectivity index (χ4n) is 0.941. The van der Waals surface area contributed by atoms with Crippen molar-refractivity contribution in [1.82, 2.24) is 0 Å². The molecule has 82 valence electrons. The van der Waals surface area contributed by atoms with Gasteiger partial charge in [-0.3, -0.25) is 0 Å². The van der Waals surface area contributed by atoms with Crippen LogP contribution in [0.2, 0.25) is 0 Å². The zero-order chi connectivity index (χ0) is 11.0. The number of rotatable bonds is 6. The van der Waals surface area contributed by atoms with Crippen LogP contribution in [0.25, 0.3) is 0 Å². The molecule has 4 heteroatoms. The Morgan fingerprint density at radius 3 is 2.43 bits per heavy atom. The van der Waals surface area contributed by atoms with Gasteiger partial charge in [0.2, 0.25) is 0 Å². The zero-order valence-corrected chi connectivity index (χ0v) is 9.20. The zero-order valence-electron chi connectivity index (χ0n) is 9.20. The van der Waals surface area contributed by atoms with E-state index in [-0.39, 0.29) is 6.10 Å². The minimum Gasteiger partial charge on any atom is -0.501 e. The van der Waals surface area contributed by atoms with Crippen molar-refractivity contribution in [2.75, 3.05) is 20.3 Å². The number of methoxy groups -OCH3 is 1. The standard InChI is InChI=1S/C10H18O4/c1-5-13-7-9(10(11)12-4)8(3)14-6-2/h7-8H,5-6H2,1-4H3. The molecular weight excluding hydrogens is 184 g/mol. The number of ether oxygens (including phenoxy) is 3. The van der Waals surface area contributed by atoms with E-state index in [1.165, 1.54) is 13.4 Å². The van der Waals surface area contributed by atoms with Gasteiger partial charge in [-0.05, 0) is 20.8 Å². The van der Waals surface area contributed by atoms with Crippen LogP contribution in [0.4, 0.5) is 0 Å². The van der Waals surface area contributed by atoms with E-state index < -0.39 is 5.97 Å². The van der Waals surface area contributed by atoms with Gasteiger partial charge in [0, 0.05) is 6.61 Å². The first-order valence-electron chi connectivity index (χ1n) is 4.68. The van der Waals surface area contributed by atoms with Gasteiger partial charge in [-0.25, -0.2) is 4.79 Å². The van der Waals surface area contributed by atoms with Gasteiger partial charge < -0.3 is 14.2 Å². The predicted molar refractivity (Wildman–Crippen MR) is 52.8 cm³/mol. The highest BCUT2D eigenvalue weighted by Crippen LogP contribution is 2.08. The van der Waals surface area contributed by atoms with E-state index in [2.05, 4.69) is 4.74 Å². The molecule has 14 heavy (non-hydrogen) atoms. The molecule has 4 nitrogen and oxygen atoms in total. The number of hydrogen-bond donors (Lipinski definition) is 0. The molecule has 0 aromatic heterocycles. The summed E-state index contributed by atoms with van der Waals surface area (Å²) in [6, 6.07) is 0. The fraction of sp³-hybridized carbons (Fsp3) is 0.700. The minimum atomic E-state index is -0.417. The van der Waals surface area contributed by atoms with E-state index in [4.69, 9.17) is 9.47 Å². The average molecular weight is 202 g/mol. The van der Waals surface area contributed by atoms with Crippen LogP contribution in [0.3, 0.4) is 0 Å². The van der Waals surface area contributed by atoms with Gasteiger partial charge in [-0.2, -0.15) is 0 Å². The molecular formula is C10H18O4. The van der Waals surface area contributed by atoms with Crippen LogP contribution in [0.15, 0.2) is 11.8 Å². The highest BCUT2D eigenvalue weighted by Gasteiger charge is 2.18. The third-order valence-corrected chi connectivity index (χ3v) is 1.65. The van der Waals surface area contributed by atoms with Gasteiger partial charge in [0.25, 0.3) is 0 Å². The van der Waals surface area contributed by atoms with Crippen LogP contribution in [0, 0.1) is 0 Å². The Labute approximate surface area is 84.8 Å². The smallest absolute Gasteiger partial charge is 0.339 e. The van der Waals surface area contributed by atoms with Crippen molar-refractivity contribution in [3.8, 4) is 0 Å². The second-order valence-electron chi connectivity index (χ2n) is 2.62. The Kier molecular flexibility index (Phi) is 6.84. The lowest BCUT2D eigenvalue weighted by atomic mass is 10.2. The van der Waals surface area contributed by atoms with E-state index >= 15 is 0 Å². The van der Waals surface area contributed by atoms with Crippen LogP contribution < -0.4 is 0 Å². The normalized spacial score (nSPS) is 13.6. The molecule has 0 spiro atoms. The van der Waals surface area contributed by atoms with Crippen molar-refractivity contribution < 1.29 is 19.0 Å². The Hall–Kier alpha value is -1.03. The number of carbonyl (C=O) groups is 1. The second-order valence-corrected chi connectivity index (χ2v) is 2.62. The number of hydrogen-bond acceptors (Lipinski definition) is 4. The van der Waals surface area contributed by atoms with Crippen LogP contribution in [0.1, 0.15) is 20.8 Å². The van der Waals surface area contributed by atoms with E-state index in [1.54, 1.807) is 6.92 Å². The highest BCUT2D eigenvalue weighted by molar-refractivity contribution is 5.89. The largest absolute Gasteiger partial charge is 0.501 e. The summed E-state index contributed by atoms with van der Waals surface area (Å²) in [5, 5.41) is 0. The molecule has 0 saturated carbocycles. The summed E-state index contributed by atoms with van der Waals surface area (Å²) < 4.78 is 14.9. The van der Waals surface area contributed by atoms with Gasteiger partial charge in [-0.15, -0.1) is 0 Å². The van der Waals surface area contributed by atoms with Crippen molar-refractivity contribution in [3.05, 3.63) is 11.8 Å². The molecule has 0 radical (unpaired) electrons. The van der Waals surface area contributed by atoms with Crippen molar-refractivity contribution in [3.63, 3.8) is 0 Å². The SMILES string of the molecule is CCOC=C(C(=O)OC)C(C)OCC. The quantitative estimate of drug-likeness (QED) is 0.372. The van der Waals surface area contributed by atoms with Crippen molar-refractivity contribution in [2.45, 2.75) is 26.9 Å². The lowest BCUT2D eigenvalue weighted by molar-refractivity contribution is -0.137. The predicted octanol–water partition coefficient (Wildman–Crippen LogP) is 1.50. The van der Waals surface area contributed by atoms with Crippen LogP contribution >= 0.6 is 0 Å². The summed E-state index contributed by atoms with van der Waals surface area (Å²) in [5.74, 6) is -0.417. The monoisotopic (exact) mass is 202 g/mol. The van der Waals surface area contributed by atoms with Gasteiger partial charge >= 0.3 is 5.97 Å². The number of esters is 1. The molecule has 0 bridgehead atoms. The molecule has 0 aliphatic carbocycles. The van der Waals surface area contributed by atoms with E-state index in [0.29, 0.717) is 18.8 Å². The number of carbonyl (C=O) groups excluding carboxylic acids is 1. The summed E-state index contributed by atoms with van der Waals surface area (Å²) in [4.78, 5) is 11.3. The lowest BCUT2D eigenvalue weighted by Gasteiger charge is -2.13. The maximum absolute atomic E-state index is 11.3. The summed E-state index contributed by atoms with van der Waals surface area (Å²) >= 11 is 0. The van der Waals surface area contributed by atoms with E-state index in [0.717, 1.165) is 0 Å². The minimum absolute atomic E-state index is 0.306. The summed E-state index contributed by atoms with van der Waals surface area (Å²) in [5.41, 5.74) is 0.399. The molecule has 1 unspecified atom stereocenters. The third-order valence-electron chi connectivity index (χ3n) is 1.65. The third kappa shape index (κ3) is 4.28. The Morgan fingerprint density at radius 1 is 1.36 bits per heavy atom. The Morgan fingerprint density at radius 2 is 2.00 bits per heavy atom. The maximum Gasteiger partial charge on any atom is 0.339 e. The summed E-state index contributed by atoms with van der Waals surface area (Å²) in [7, 11) is 1.33. The molecule has 0 heterocycles. The van der Waals surface area contributed by atoms with Gasteiger partial charge in [0.1, 0.15) is 0 Å². The van der Waals surface area contributed by atoms with E-state index in [9.17, 15) is 4.79 Å². The molecule has 0 aliphatic heterocycles. The fourth-order valence-corrected chi connectivity index (χ4v) is 0.941. The molecule has 0 aliphatic rings. The average Bonchev–Trinajstić information content (AvgIpc) is 2.18. The molecule has 0 aromatic rings. The first-order chi connectivity index (χ1) is 6.67. The first-order valence-corrected chi connectivity index (χ1v) is 4.68. The lowest BCUT2D eigenvalue weighted by Crippen LogP contribution is -2.20. The van der Waals surface area contributed by atoms with Crippen LogP contribution in [0.5, 0.6) is 0 Å². The first kappa shape index (κ1) is 13.0. The van der Waals surface area contributed by atoms with Crippen LogP contribution in [-0.4, -0.2) is 32.4 Å². The molecule has 1 atom stereocenters. The molecule has 0 rings (SSSR count). The molecule has 0 N–H and O–H groups in total. The van der Waals surface area contributed by atoms with Gasteiger partial charge in [0.05, 0.1) is 31.7 Å². The summed E-state index contributed by atoms with van der Waals surface area (Å²) in [6.45, 7) is 6.55.